The smallest absolute Gasteiger partial charge is 0.297 e. The third-order valence-corrected chi connectivity index (χ3v) is 2.95. The van der Waals surface area contributed by atoms with E-state index in [1.807, 2.05) is 0 Å². The van der Waals surface area contributed by atoms with Gasteiger partial charge in [0.2, 0.25) is 0 Å². The first-order valence-corrected chi connectivity index (χ1v) is 6.69. The van der Waals surface area contributed by atoms with Gasteiger partial charge >= 0.3 is 0 Å². The lowest BCUT2D eigenvalue weighted by Crippen LogP contribution is -2.30. The third-order valence-electron chi connectivity index (χ3n) is 2.95. The summed E-state index contributed by atoms with van der Waals surface area (Å²) in [6, 6.07) is 1.17. The predicted octanol–water partition coefficient (Wildman–Crippen LogP) is 1.79. The Hall–Kier alpha value is -1.07. The predicted molar refractivity (Wildman–Crippen MR) is 70.7 cm³/mol. The zero-order valence-electron chi connectivity index (χ0n) is 11.5. The molecule has 18 heavy (non-hydrogen) atoms. The Bertz CT molecular complexity index is 365. The molecule has 1 aliphatic heterocycles. The molecule has 1 atom stereocenters. The number of nitrogens with one attached hydrogen (secondary N) is 1. The summed E-state index contributed by atoms with van der Waals surface area (Å²) in [5.74, 6) is 0. The van der Waals surface area contributed by atoms with E-state index in [9.17, 15) is 0 Å². The second-order valence-electron chi connectivity index (χ2n) is 5.14. The van der Waals surface area contributed by atoms with Gasteiger partial charge in [-0.2, -0.15) is 4.98 Å². The molecule has 0 amide bonds. The molecule has 0 spiro atoms. The molecule has 1 fully saturated rings. The molecule has 2 rings (SSSR count). The van der Waals surface area contributed by atoms with Crippen LogP contribution in [0.15, 0.2) is 10.7 Å². The molecule has 1 saturated heterocycles. The lowest BCUT2D eigenvalue weighted by atomic mass is 10.3. The number of anilines is 1. The van der Waals surface area contributed by atoms with Crippen molar-refractivity contribution in [2.24, 2.45) is 0 Å². The Labute approximate surface area is 109 Å². The van der Waals surface area contributed by atoms with Crippen LogP contribution in [0.1, 0.15) is 32.9 Å². The van der Waals surface area contributed by atoms with Gasteiger partial charge in [-0.05, 0) is 13.3 Å². The second-order valence-corrected chi connectivity index (χ2v) is 5.14. The number of aromatic nitrogens is 1. The van der Waals surface area contributed by atoms with E-state index in [1.165, 1.54) is 0 Å². The molecule has 0 bridgehead atoms. The molecule has 1 N–H and O–H groups in total. The van der Waals surface area contributed by atoms with Crippen LogP contribution >= 0.6 is 0 Å². The van der Waals surface area contributed by atoms with E-state index in [0.717, 1.165) is 38.4 Å². The Morgan fingerprint density at radius 3 is 3.17 bits per heavy atom. The fourth-order valence-electron chi connectivity index (χ4n) is 2.00. The van der Waals surface area contributed by atoms with Gasteiger partial charge in [0, 0.05) is 32.3 Å². The summed E-state index contributed by atoms with van der Waals surface area (Å²) in [4.78, 5) is 6.69. The molecule has 1 unspecified atom stereocenters. The minimum absolute atomic E-state index is 0.233. The fourth-order valence-corrected chi connectivity index (χ4v) is 2.00. The summed E-state index contributed by atoms with van der Waals surface area (Å²) >= 11 is 0. The van der Waals surface area contributed by atoms with E-state index in [0.29, 0.717) is 12.1 Å². The van der Waals surface area contributed by atoms with Crippen molar-refractivity contribution < 1.29 is 9.15 Å². The van der Waals surface area contributed by atoms with Crippen molar-refractivity contribution in [3.8, 4) is 0 Å². The van der Waals surface area contributed by atoms with Gasteiger partial charge in [0.25, 0.3) is 6.01 Å². The molecule has 0 saturated carbocycles. The van der Waals surface area contributed by atoms with Crippen LogP contribution in [0.2, 0.25) is 0 Å². The molecule has 0 aromatic carbocycles. The maximum absolute atomic E-state index is 5.62. The highest BCUT2D eigenvalue weighted by atomic mass is 16.5. The van der Waals surface area contributed by atoms with Gasteiger partial charge in [-0.1, -0.05) is 13.8 Å². The standard InChI is InChI=1S/C13H23N3O2/c1-10(2)14-7-12-9-18-13(15-12)16-5-4-6-17-11(3)8-16/h9-11,14H,4-8H2,1-3H3. The first-order valence-electron chi connectivity index (χ1n) is 6.69. The van der Waals surface area contributed by atoms with Crippen LogP contribution in [0.4, 0.5) is 6.01 Å². The number of ether oxygens (including phenoxy) is 1. The largest absolute Gasteiger partial charge is 0.432 e. The van der Waals surface area contributed by atoms with Gasteiger partial charge < -0.3 is 19.4 Å². The summed E-state index contributed by atoms with van der Waals surface area (Å²) in [6.45, 7) is 9.69. The van der Waals surface area contributed by atoms with E-state index >= 15 is 0 Å². The number of hydrogen-bond acceptors (Lipinski definition) is 5. The highest BCUT2D eigenvalue weighted by Crippen LogP contribution is 2.17. The minimum atomic E-state index is 0.233. The summed E-state index contributed by atoms with van der Waals surface area (Å²) in [6.07, 6.45) is 2.99. The summed E-state index contributed by atoms with van der Waals surface area (Å²) in [5, 5.41) is 3.33. The van der Waals surface area contributed by atoms with Crippen LogP contribution in [0.5, 0.6) is 0 Å². The van der Waals surface area contributed by atoms with Gasteiger partial charge in [-0.15, -0.1) is 0 Å². The SMILES string of the molecule is CC(C)NCc1coc(N2CCCOC(C)C2)n1. The summed E-state index contributed by atoms with van der Waals surface area (Å²) < 4.78 is 11.2. The van der Waals surface area contributed by atoms with Gasteiger partial charge in [0.15, 0.2) is 0 Å². The van der Waals surface area contributed by atoms with Crippen molar-refractivity contribution in [3.05, 3.63) is 12.0 Å². The molecular weight excluding hydrogens is 230 g/mol. The Morgan fingerprint density at radius 2 is 2.39 bits per heavy atom. The van der Waals surface area contributed by atoms with E-state index in [-0.39, 0.29) is 6.10 Å². The Kier molecular flexibility index (Phi) is 4.60. The van der Waals surface area contributed by atoms with Crippen molar-refractivity contribution >= 4 is 6.01 Å². The number of hydrogen-bond donors (Lipinski definition) is 1. The topological polar surface area (TPSA) is 50.5 Å². The number of nitrogens with zero attached hydrogens (tertiary/aromatic N) is 2. The molecular formula is C13H23N3O2. The second kappa shape index (κ2) is 6.20. The van der Waals surface area contributed by atoms with E-state index in [4.69, 9.17) is 9.15 Å². The summed E-state index contributed by atoms with van der Waals surface area (Å²) in [5.41, 5.74) is 0.955. The summed E-state index contributed by atoms with van der Waals surface area (Å²) in [7, 11) is 0. The molecule has 5 nitrogen and oxygen atoms in total. The van der Waals surface area contributed by atoms with Crippen molar-refractivity contribution in [1.82, 2.24) is 10.3 Å². The quantitative estimate of drug-likeness (QED) is 0.886. The molecule has 0 radical (unpaired) electrons. The van der Waals surface area contributed by atoms with E-state index < -0.39 is 0 Å². The minimum Gasteiger partial charge on any atom is -0.432 e. The fraction of sp³-hybridized carbons (Fsp3) is 0.769. The van der Waals surface area contributed by atoms with Crippen LogP contribution in [0.25, 0.3) is 0 Å². The zero-order chi connectivity index (χ0) is 13.0. The van der Waals surface area contributed by atoms with Gasteiger partial charge in [0.05, 0.1) is 11.8 Å². The van der Waals surface area contributed by atoms with Crippen molar-refractivity contribution in [2.75, 3.05) is 24.6 Å². The molecule has 1 aromatic heterocycles. The molecule has 1 aromatic rings. The lowest BCUT2D eigenvalue weighted by molar-refractivity contribution is 0.0818. The number of oxazole rings is 1. The molecule has 5 heteroatoms. The maximum Gasteiger partial charge on any atom is 0.297 e. The van der Waals surface area contributed by atoms with E-state index in [1.54, 1.807) is 6.26 Å². The average molecular weight is 253 g/mol. The first kappa shape index (κ1) is 13.4. The number of rotatable bonds is 4. The van der Waals surface area contributed by atoms with Gasteiger partial charge in [0.1, 0.15) is 6.26 Å². The van der Waals surface area contributed by atoms with Gasteiger partial charge in [-0.3, -0.25) is 0 Å². The van der Waals surface area contributed by atoms with Crippen molar-refractivity contribution in [2.45, 2.75) is 45.9 Å². The van der Waals surface area contributed by atoms with Crippen LogP contribution in [-0.4, -0.2) is 36.8 Å². The van der Waals surface area contributed by atoms with Crippen LogP contribution in [0.3, 0.4) is 0 Å². The van der Waals surface area contributed by atoms with Gasteiger partial charge in [-0.25, -0.2) is 0 Å². The highest BCUT2D eigenvalue weighted by molar-refractivity contribution is 5.27. The lowest BCUT2D eigenvalue weighted by Gasteiger charge is -2.19. The van der Waals surface area contributed by atoms with E-state index in [2.05, 4.69) is 36.0 Å². The molecule has 2 heterocycles. The monoisotopic (exact) mass is 253 g/mol. The van der Waals surface area contributed by atoms with Crippen LogP contribution in [0, 0.1) is 0 Å². The molecule has 102 valence electrons. The highest BCUT2D eigenvalue weighted by Gasteiger charge is 2.19. The van der Waals surface area contributed by atoms with Crippen LogP contribution < -0.4 is 10.2 Å². The first-order chi connectivity index (χ1) is 8.65. The molecule has 1 aliphatic rings. The average Bonchev–Trinajstić information content (AvgIpc) is 2.69. The van der Waals surface area contributed by atoms with Crippen molar-refractivity contribution in [1.29, 1.82) is 0 Å². The Morgan fingerprint density at radius 1 is 1.56 bits per heavy atom. The third kappa shape index (κ3) is 3.71. The Balaban J connectivity index is 1.95. The normalized spacial score (nSPS) is 21.3. The maximum atomic E-state index is 5.62. The van der Waals surface area contributed by atoms with Crippen molar-refractivity contribution in [3.63, 3.8) is 0 Å². The van der Waals surface area contributed by atoms with Crippen LogP contribution in [-0.2, 0) is 11.3 Å². The zero-order valence-corrected chi connectivity index (χ0v) is 11.5. The molecule has 0 aliphatic carbocycles.